The average molecular weight is 400 g/mol. The van der Waals surface area contributed by atoms with Crippen LogP contribution in [0.2, 0.25) is 0 Å². The van der Waals surface area contributed by atoms with Crippen LogP contribution >= 0.6 is 12.2 Å². The summed E-state index contributed by atoms with van der Waals surface area (Å²) in [5.74, 6) is -0.447. The van der Waals surface area contributed by atoms with Crippen LogP contribution in [0.4, 0.5) is 4.39 Å². The summed E-state index contributed by atoms with van der Waals surface area (Å²) in [6.07, 6.45) is 1.52. The molecule has 2 aromatic carbocycles. The first-order valence-corrected chi connectivity index (χ1v) is 9.37. The van der Waals surface area contributed by atoms with E-state index in [4.69, 9.17) is 12.2 Å². The fraction of sp³-hybridized carbons (Fsp3) is 0.250. The van der Waals surface area contributed by atoms with Gasteiger partial charge in [0.1, 0.15) is 5.82 Å². The maximum absolute atomic E-state index is 12.9. The van der Waals surface area contributed by atoms with E-state index >= 15 is 0 Å². The third-order valence-electron chi connectivity index (χ3n) is 4.42. The number of rotatable bonds is 5. The molecule has 0 aromatic heterocycles. The Kier molecular flexibility index (Phi) is 6.54. The van der Waals surface area contributed by atoms with Crippen molar-refractivity contribution < 1.29 is 14.0 Å². The number of amides is 2. The Morgan fingerprint density at radius 2 is 1.71 bits per heavy atom. The van der Waals surface area contributed by atoms with E-state index < -0.39 is 0 Å². The van der Waals surface area contributed by atoms with Crippen molar-refractivity contribution in [1.29, 1.82) is 0 Å². The summed E-state index contributed by atoms with van der Waals surface area (Å²) in [5.41, 5.74) is 7.49. The summed E-state index contributed by atoms with van der Waals surface area (Å²) in [7, 11) is 0. The van der Waals surface area contributed by atoms with Crippen molar-refractivity contribution in [2.45, 2.75) is 25.9 Å². The van der Waals surface area contributed by atoms with Gasteiger partial charge in [0.15, 0.2) is 5.11 Å². The third-order valence-corrected chi connectivity index (χ3v) is 4.66. The number of benzene rings is 2. The molecule has 0 atom stereocenters. The Hall–Kier alpha value is -3.00. The lowest BCUT2D eigenvalue weighted by molar-refractivity contribution is -0.128. The van der Waals surface area contributed by atoms with E-state index in [0.29, 0.717) is 25.1 Å². The highest BCUT2D eigenvalue weighted by molar-refractivity contribution is 7.80. The summed E-state index contributed by atoms with van der Waals surface area (Å²) in [6, 6.07) is 13.2. The molecule has 0 radical (unpaired) electrons. The number of halogens is 1. The number of thiocarbonyl (C=S) groups is 1. The summed E-state index contributed by atoms with van der Waals surface area (Å²) in [6.45, 7) is 1.76. The molecule has 1 aliphatic heterocycles. The van der Waals surface area contributed by atoms with Crippen molar-refractivity contribution >= 4 is 29.1 Å². The van der Waals surface area contributed by atoms with Gasteiger partial charge in [-0.05, 0) is 54.0 Å². The maximum Gasteiger partial charge on any atom is 0.269 e. The molecule has 3 N–H and O–H groups in total. The average Bonchev–Trinajstić information content (AvgIpc) is 3.10. The molecule has 2 amide bonds. The topological polar surface area (TPSA) is 73.5 Å². The Morgan fingerprint density at radius 1 is 1.04 bits per heavy atom. The zero-order valence-electron chi connectivity index (χ0n) is 15.2. The standard InChI is InChI=1S/C20H21FN4O2S/c21-17-9-5-14(6-10-17)12-22-20(28)24-23-19(27)16-7-3-15(4-8-16)13-25-11-1-2-18(25)26/h3-10H,1-2,11-13H2,(H,23,27)(H2,22,24,28). The van der Waals surface area contributed by atoms with E-state index in [9.17, 15) is 14.0 Å². The Labute approximate surface area is 168 Å². The fourth-order valence-corrected chi connectivity index (χ4v) is 2.99. The van der Waals surface area contributed by atoms with E-state index in [1.165, 1.54) is 12.1 Å². The van der Waals surface area contributed by atoms with E-state index in [0.717, 1.165) is 24.1 Å². The van der Waals surface area contributed by atoms with E-state index in [1.807, 2.05) is 17.0 Å². The van der Waals surface area contributed by atoms with Crippen LogP contribution in [0, 0.1) is 5.82 Å². The second-order valence-electron chi connectivity index (χ2n) is 6.50. The number of likely N-dealkylation sites (tertiary alicyclic amines) is 1. The molecule has 2 aromatic rings. The third kappa shape index (κ3) is 5.50. The SMILES string of the molecule is O=C(NNC(=S)NCc1ccc(F)cc1)c1ccc(CN2CCCC2=O)cc1. The number of hydrazine groups is 1. The first kappa shape index (κ1) is 19.8. The summed E-state index contributed by atoms with van der Waals surface area (Å²) >= 11 is 5.11. The fourth-order valence-electron chi connectivity index (χ4n) is 2.87. The van der Waals surface area contributed by atoms with Crippen LogP contribution < -0.4 is 16.2 Å². The number of hydrogen-bond donors (Lipinski definition) is 3. The molecule has 146 valence electrons. The molecule has 1 heterocycles. The molecule has 0 saturated carbocycles. The second-order valence-corrected chi connectivity index (χ2v) is 6.91. The highest BCUT2D eigenvalue weighted by Crippen LogP contribution is 2.14. The van der Waals surface area contributed by atoms with Gasteiger partial charge in [-0.1, -0.05) is 24.3 Å². The molecular formula is C20H21FN4O2S. The van der Waals surface area contributed by atoms with E-state index in [2.05, 4.69) is 16.2 Å². The van der Waals surface area contributed by atoms with Gasteiger partial charge in [0.25, 0.3) is 5.91 Å². The van der Waals surface area contributed by atoms with Gasteiger partial charge >= 0.3 is 0 Å². The van der Waals surface area contributed by atoms with Crippen molar-refractivity contribution in [3.05, 3.63) is 71.0 Å². The van der Waals surface area contributed by atoms with E-state index in [-0.39, 0.29) is 22.7 Å². The first-order valence-electron chi connectivity index (χ1n) is 8.96. The highest BCUT2D eigenvalue weighted by atomic mass is 32.1. The Balaban J connectivity index is 1.43. The molecule has 6 nitrogen and oxygen atoms in total. The molecule has 0 aliphatic carbocycles. The zero-order valence-corrected chi connectivity index (χ0v) is 16.0. The molecule has 8 heteroatoms. The summed E-state index contributed by atoms with van der Waals surface area (Å²) in [5, 5.41) is 3.18. The number of carbonyl (C=O) groups is 2. The Morgan fingerprint density at radius 3 is 2.36 bits per heavy atom. The number of nitrogens with zero attached hydrogens (tertiary/aromatic N) is 1. The minimum Gasteiger partial charge on any atom is -0.357 e. The largest absolute Gasteiger partial charge is 0.357 e. The molecule has 1 fully saturated rings. The monoisotopic (exact) mass is 400 g/mol. The van der Waals surface area contributed by atoms with Crippen LogP contribution in [0.25, 0.3) is 0 Å². The van der Waals surface area contributed by atoms with Gasteiger partial charge in [0, 0.05) is 31.6 Å². The zero-order chi connectivity index (χ0) is 19.9. The summed E-state index contributed by atoms with van der Waals surface area (Å²) in [4.78, 5) is 25.7. The Bertz CT molecular complexity index is 856. The van der Waals surface area contributed by atoms with Crippen LogP contribution in [0.3, 0.4) is 0 Å². The molecular weight excluding hydrogens is 379 g/mol. The van der Waals surface area contributed by atoms with Gasteiger partial charge in [-0.25, -0.2) is 4.39 Å². The van der Waals surface area contributed by atoms with Crippen LogP contribution in [0.1, 0.15) is 34.3 Å². The minimum atomic E-state index is -0.324. The van der Waals surface area contributed by atoms with E-state index in [1.54, 1.807) is 24.3 Å². The highest BCUT2D eigenvalue weighted by Gasteiger charge is 2.20. The molecule has 1 aliphatic rings. The van der Waals surface area contributed by atoms with Crippen LogP contribution in [-0.4, -0.2) is 28.4 Å². The first-order chi connectivity index (χ1) is 13.5. The maximum atomic E-state index is 12.9. The van der Waals surface area contributed by atoms with Crippen LogP contribution in [0.15, 0.2) is 48.5 Å². The normalized spacial score (nSPS) is 13.3. The molecule has 0 spiro atoms. The predicted molar refractivity (Wildman–Crippen MR) is 108 cm³/mol. The molecule has 0 unspecified atom stereocenters. The van der Waals surface area contributed by atoms with Crippen molar-refractivity contribution in [1.82, 2.24) is 21.1 Å². The van der Waals surface area contributed by atoms with Crippen molar-refractivity contribution in [3.63, 3.8) is 0 Å². The lowest BCUT2D eigenvalue weighted by atomic mass is 10.1. The molecule has 0 bridgehead atoms. The number of carbonyl (C=O) groups excluding carboxylic acids is 2. The van der Waals surface area contributed by atoms with Gasteiger partial charge in [0.2, 0.25) is 5.91 Å². The quantitative estimate of drug-likeness (QED) is 0.530. The van der Waals surface area contributed by atoms with Gasteiger partial charge < -0.3 is 10.2 Å². The molecule has 28 heavy (non-hydrogen) atoms. The molecule has 3 rings (SSSR count). The lowest BCUT2D eigenvalue weighted by Crippen LogP contribution is -2.46. The van der Waals surface area contributed by atoms with Gasteiger partial charge in [-0.2, -0.15) is 0 Å². The van der Waals surface area contributed by atoms with Crippen molar-refractivity contribution in [3.8, 4) is 0 Å². The predicted octanol–water partition coefficient (Wildman–Crippen LogP) is 2.26. The minimum absolute atomic E-state index is 0.174. The van der Waals surface area contributed by atoms with Gasteiger partial charge in [-0.3, -0.25) is 20.4 Å². The van der Waals surface area contributed by atoms with Crippen LogP contribution in [-0.2, 0) is 17.9 Å². The number of hydrogen-bond acceptors (Lipinski definition) is 3. The number of nitrogens with one attached hydrogen (secondary N) is 3. The molecule has 1 saturated heterocycles. The van der Waals surface area contributed by atoms with Crippen molar-refractivity contribution in [2.24, 2.45) is 0 Å². The second kappa shape index (κ2) is 9.27. The smallest absolute Gasteiger partial charge is 0.269 e. The summed E-state index contributed by atoms with van der Waals surface area (Å²) < 4.78 is 12.9. The van der Waals surface area contributed by atoms with Gasteiger partial charge in [-0.15, -0.1) is 0 Å². The van der Waals surface area contributed by atoms with Gasteiger partial charge in [0.05, 0.1) is 0 Å². The van der Waals surface area contributed by atoms with Crippen LogP contribution in [0.5, 0.6) is 0 Å². The lowest BCUT2D eigenvalue weighted by Gasteiger charge is -2.15. The van der Waals surface area contributed by atoms with Crippen molar-refractivity contribution in [2.75, 3.05) is 6.54 Å².